The van der Waals surface area contributed by atoms with Gasteiger partial charge in [0.1, 0.15) is 12.2 Å². The van der Waals surface area contributed by atoms with Crippen LogP contribution < -0.4 is 5.32 Å². The van der Waals surface area contributed by atoms with Crippen LogP contribution >= 0.6 is 0 Å². The van der Waals surface area contributed by atoms with Gasteiger partial charge >= 0.3 is 5.97 Å². The second kappa shape index (κ2) is 6.60. The maximum absolute atomic E-state index is 11.8. The van der Waals surface area contributed by atoms with Crippen LogP contribution in [0.1, 0.15) is 17.0 Å². The van der Waals surface area contributed by atoms with Crippen molar-refractivity contribution in [1.82, 2.24) is 25.3 Å². The van der Waals surface area contributed by atoms with Crippen molar-refractivity contribution in [2.75, 3.05) is 0 Å². The van der Waals surface area contributed by atoms with Crippen LogP contribution in [0.5, 0.6) is 0 Å². The van der Waals surface area contributed by atoms with Gasteiger partial charge in [-0.3, -0.25) is 14.6 Å². The van der Waals surface area contributed by atoms with Gasteiger partial charge in [-0.2, -0.15) is 0 Å². The molecule has 0 unspecified atom stereocenters. The standard InChI is InChI=1S/C13H15N5O3/c1-9-3-2-4-14-11(9)5-12(19)15-6-10-7-18(17-16-10)8-13(20)21/h2-4,7H,5-6,8H2,1H3,(H,15,19)(H,20,21). The van der Waals surface area contributed by atoms with E-state index in [1.807, 2.05) is 19.1 Å². The predicted octanol–water partition coefficient (Wildman–Crippen LogP) is -0.0750. The summed E-state index contributed by atoms with van der Waals surface area (Å²) >= 11 is 0. The van der Waals surface area contributed by atoms with Crippen LogP contribution in [0.25, 0.3) is 0 Å². The van der Waals surface area contributed by atoms with Crippen LogP contribution in [0.4, 0.5) is 0 Å². The van der Waals surface area contributed by atoms with Crippen LogP contribution in [0.2, 0.25) is 0 Å². The Hall–Kier alpha value is -2.77. The molecule has 2 N–H and O–H groups in total. The SMILES string of the molecule is Cc1cccnc1CC(=O)NCc1cn(CC(=O)O)nn1. The number of carbonyl (C=O) groups excluding carboxylic acids is 1. The Balaban J connectivity index is 1.85. The fourth-order valence-corrected chi connectivity index (χ4v) is 1.74. The zero-order chi connectivity index (χ0) is 15.2. The van der Waals surface area contributed by atoms with Crippen LogP contribution in [0.3, 0.4) is 0 Å². The van der Waals surface area contributed by atoms with E-state index in [-0.39, 0.29) is 25.4 Å². The van der Waals surface area contributed by atoms with E-state index in [9.17, 15) is 9.59 Å². The Kier molecular flexibility index (Phi) is 4.60. The number of carboxylic acids is 1. The third-order valence-electron chi connectivity index (χ3n) is 2.80. The van der Waals surface area contributed by atoms with E-state index in [0.29, 0.717) is 5.69 Å². The number of carboxylic acid groups (broad SMARTS) is 1. The number of amides is 1. The average Bonchev–Trinajstić information content (AvgIpc) is 2.86. The molecule has 0 radical (unpaired) electrons. The molecule has 0 aliphatic rings. The molecule has 8 heteroatoms. The lowest BCUT2D eigenvalue weighted by molar-refractivity contribution is -0.138. The van der Waals surface area contributed by atoms with Crippen LogP contribution in [-0.2, 0) is 29.1 Å². The number of aryl methyl sites for hydroxylation is 1. The summed E-state index contributed by atoms with van der Waals surface area (Å²) < 4.78 is 1.20. The lowest BCUT2D eigenvalue weighted by Gasteiger charge is -2.04. The largest absolute Gasteiger partial charge is 0.480 e. The number of carbonyl (C=O) groups is 2. The van der Waals surface area contributed by atoms with Crippen molar-refractivity contribution in [2.45, 2.75) is 26.4 Å². The van der Waals surface area contributed by atoms with Crippen LogP contribution in [-0.4, -0.2) is 37.0 Å². The maximum Gasteiger partial charge on any atom is 0.325 e. The summed E-state index contributed by atoms with van der Waals surface area (Å²) in [6, 6.07) is 3.71. The minimum atomic E-state index is -0.999. The van der Waals surface area contributed by atoms with Gasteiger partial charge in [-0.25, -0.2) is 4.68 Å². The third-order valence-corrected chi connectivity index (χ3v) is 2.80. The number of rotatable bonds is 6. The normalized spacial score (nSPS) is 10.3. The van der Waals surface area contributed by atoms with Crippen molar-refractivity contribution >= 4 is 11.9 Å². The highest BCUT2D eigenvalue weighted by Gasteiger charge is 2.09. The molecule has 0 aliphatic carbocycles. The number of nitrogens with zero attached hydrogens (tertiary/aromatic N) is 4. The van der Waals surface area contributed by atoms with Gasteiger partial charge in [0.25, 0.3) is 0 Å². The minimum Gasteiger partial charge on any atom is -0.480 e. The number of aliphatic carboxylic acids is 1. The summed E-state index contributed by atoms with van der Waals surface area (Å²) in [4.78, 5) is 26.5. The molecule has 2 rings (SSSR count). The van der Waals surface area contributed by atoms with E-state index in [1.165, 1.54) is 10.9 Å². The van der Waals surface area contributed by atoms with Gasteiger partial charge in [0.15, 0.2) is 0 Å². The van der Waals surface area contributed by atoms with Crippen molar-refractivity contribution in [3.05, 3.63) is 41.5 Å². The van der Waals surface area contributed by atoms with Crippen molar-refractivity contribution in [1.29, 1.82) is 0 Å². The molecule has 0 bridgehead atoms. The molecule has 110 valence electrons. The van der Waals surface area contributed by atoms with Crippen molar-refractivity contribution in [3.63, 3.8) is 0 Å². The van der Waals surface area contributed by atoms with Gasteiger partial charge in [0.2, 0.25) is 5.91 Å². The zero-order valence-corrected chi connectivity index (χ0v) is 11.5. The number of hydrogen-bond donors (Lipinski definition) is 2. The molecule has 0 fully saturated rings. The molecule has 0 saturated carbocycles. The molecule has 2 heterocycles. The third kappa shape index (κ3) is 4.37. The van der Waals surface area contributed by atoms with E-state index in [2.05, 4.69) is 20.6 Å². The Labute approximate surface area is 120 Å². The number of nitrogens with one attached hydrogen (secondary N) is 1. The highest BCUT2D eigenvalue weighted by molar-refractivity contribution is 5.78. The maximum atomic E-state index is 11.8. The lowest BCUT2D eigenvalue weighted by atomic mass is 10.1. The van der Waals surface area contributed by atoms with Gasteiger partial charge in [-0.15, -0.1) is 5.10 Å². The Morgan fingerprint density at radius 1 is 1.43 bits per heavy atom. The van der Waals surface area contributed by atoms with Crippen LogP contribution in [0.15, 0.2) is 24.5 Å². The fraction of sp³-hybridized carbons (Fsp3) is 0.308. The van der Waals surface area contributed by atoms with Crippen LogP contribution in [0, 0.1) is 6.92 Å². The first-order chi connectivity index (χ1) is 10.0. The summed E-state index contributed by atoms with van der Waals surface area (Å²) in [7, 11) is 0. The molecule has 0 atom stereocenters. The smallest absolute Gasteiger partial charge is 0.325 e. The highest BCUT2D eigenvalue weighted by Crippen LogP contribution is 2.04. The molecule has 0 aliphatic heterocycles. The Bertz CT molecular complexity index is 653. The second-order valence-electron chi connectivity index (χ2n) is 4.52. The van der Waals surface area contributed by atoms with E-state index in [4.69, 9.17) is 5.11 Å². The molecule has 2 aromatic heterocycles. The molecular weight excluding hydrogens is 274 g/mol. The van der Waals surface area contributed by atoms with Crippen molar-refractivity contribution in [3.8, 4) is 0 Å². The molecule has 1 amide bonds. The Morgan fingerprint density at radius 2 is 2.24 bits per heavy atom. The van der Waals surface area contributed by atoms with Gasteiger partial charge in [-0.05, 0) is 18.6 Å². The summed E-state index contributed by atoms with van der Waals surface area (Å²) in [6.45, 7) is 1.84. The Morgan fingerprint density at radius 3 is 2.95 bits per heavy atom. The van der Waals surface area contributed by atoms with E-state index in [1.54, 1.807) is 6.20 Å². The van der Waals surface area contributed by atoms with E-state index in [0.717, 1.165) is 11.3 Å². The topological polar surface area (TPSA) is 110 Å². The second-order valence-corrected chi connectivity index (χ2v) is 4.52. The number of aromatic nitrogens is 4. The first-order valence-corrected chi connectivity index (χ1v) is 6.32. The summed E-state index contributed by atoms with van der Waals surface area (Å²) in [5.41, 5.74) is 2.19. The van der Waals surface area contributed by atoms with Gasteiger partial charge < -0.3 is 10.4 Å². The highest BCUT2D eigenvalue weighted by atomic mass is 16.4. The summed E-state index contributed by atoms with van der Waals surface area (Å²) in [5, 5.41) is 18.8. The van der Waals surface area contributed by atoms with Gasteiger partial charge in [-0.1, -0.05) is 11.3 Å². The predicted molar refractivity (Wildman–Crippen MR) is 72.2 cm³/mol. The molecule has 0 saturated heterocycles. The van der Waals surface area contributed by atoms with Crippen molar-refractivity contribution in [2.24, 2.45) is 0 Å². The van der Waals surface area contributed by atoms with Crippen molar-refractivity contribution < 1.29 is 14.7 Å². The average molecular weight is 289 g/mol. The first-order valence-electron chi connectivity index (χ1n) is 6.32. The van der Waals surface area contributed by atoms with Gasteiger partial charge in [0.05, 0.1) is 24.9 Å². The monoisotopic (exact) mass is 289 g/mol. The molecule has 0 spiro atoms. The van der Waals surface area contributed by atoms with Gasteiger partial charge in [0, 0.05) is 6.20 Å². The lowest BCUT2D eigenvalue weighted by Crippen LogP contribution is -2.25. The van der Waals surface area contributed by atoms with E-state index < -0.39 is 5.97 Å². The quantitative estimate of drug-likeness (QED) is 0.770. The number of hydrogen-bond acceptors (Lipinski definition) is 5. The minimum absolute atomic E-state index is 0.176. The molecule has 21 heavy (non-hydrogen) atoms. The summed E-state index contributed by atoms with van der Waals surface area (Å²) in [6.07, 6.45) is 3.32. The fourth-order valence-electron chi connectivity index (χ4n) is 1.74. The number of pyridine rings is 1. The molecule has 2 aromatic rings. The summed E-state index contributed by atoms with van der Waals surface area (Å²) in [5.74, 6) is -1.18. The molecule has 8 nitrogen and oxygen atoms in total. The molecular formula is C13H15N5O3. The zero-order valence-electron chi connectivity index (χ0n) is 11.5. The van der Waals surface area contributed by atoms with E-state index >= 15 is 0 Å². The first kappa shape index (κ1) is 14.6. The molecule has 0 aromatic carbocycles.